The van der Waals surface area contributed by atoms with Crippen molar-refractivity contribution in [1.29, 1.82) is 0 Å². The first-order valence-electron chi connectivity index (χ1n) is 11.4. The van der Waals surface area contributed by atoms with E-state index >= 15 is 0 Å². The van der Waals surface area contributed by atoms with Crippen LogP contribution in [0.2, 0.25) is 0 Å². The number of rotatable bonds is 11. The molecule has 2 aromatic carbocycles. The van der Waals surface area contributed by atoms with E-state index in [0.717, 1.165) is 6.20 Å². The topological polar surface area (TPSA) is 149 Å². The van der Waals surface area contributed by atoms with E-state index in [1.165, 1.54) is 49.3 Å². The number of halogens is 1. The van der Waals surface area contributed by atoms with Gasteiger partial charge in [-0.05, 0) is 49.1 Å². The number of carbonyl (C=O) groups is 2. The van der Waals surface area contributed by atoms with Gasteiger partial charge in [-0.1, -0.05) is 12.1 Å². The molecule has 0 bridgehead atoms. The number of phenolic OH excluding ortho intramolecular Hbond substituents is 1. The van der Waals surface area contributed by atoms with E-state index in [1.54, 1.807) is 6.07 Å². The molecule has 1 heterocycles. The van der Waals surface area contributed by atoms with E-state index in [1.807, 2.05) is 4.72 Å². The molecule has 0 spiro atoms. The molecule has 2 amide bonds. The van der Waals surface area contributed by atoms with E-state index in [9.17, 15) is 32.6 Å². The highest BCUT2D eigenvalue weighted by Crippen LogP contribution is 2.32. The summed E-state index contributed by atoms with van der Waals surface area (Å²) >= 11 is 0. The van der Waals surface area contributed by atoms with Crippen LogP contribution < -0.4 is 19.1 Å². The van der Waals surface area contributed by atoms with Crippen LogP contribution in [0.1, 0.15) is 35.2 Å². The molecule has 0 saturated heterocycles. The number of amides is 2. The van der Waals surface area contributed by atoms with Crippen molar-refractivity contribution in [2.45, 2.75) is 25.7 Å². The van der Waals surface area contributed by atoms with E-state index < -0.39 is 27.8 Å². The molecule has 0 saturated carbocycles. The van der Waals surface area contributed by atoms with Gasteiger partial charge in [-0.2, -0.15) is 8.42 Å². The van der Waals surface area contributed by atoms with Crippen molar-refractivity contribution >= 4 is 27.7 Å². The summed E-state index contributed by atoms with van der Waals surface area (Å²) in [5.74, 6) is -2.05. The van der Waals surface area contributed by atoms with Crippen LogP contribution in [-0.4, -0.2) is 62.6 Å². The summed E-state index contributed by atoms with van der Waals surface area (Å²) in [7, 11) is -0.961. The van der Waals surface area contributed by atoms with Crippen LogP contribution in [0, 0.1) is 5.82 Å². The number of carbonyl (C=O) groups excluding carboxylic acids is 2. The molecule has 200 valence electrons. The summed E-state index contributed by atoms with van der Waals surface area (Å²) < 4.78 is 46.2. The van der Waals surface area contributed by atoms with Gasteiger partial charge in [0, 0.05) is 27.1 Å². The Labute approximate surface area is 214 Å². The molecule has 0 unspecified atom stereocenters. The zero-order valence-electron chi connectivity index (χ0n) is 20.4. The molecular weight excluding hydrogens is 507 g/mol. The van der Waals surface area contributed by atoms with Crippen LogP contribution >= 0.6 is 0 Å². The van der Waals surface area contributed by atoms with Gasteiger partial charge in [0.2, 0.25) is 11.8 Å². The van der Waals surface area contributed by atoms with Gasteiger partial charge in [0.05, 0.1) is 12.8 Å². The van der Waals surface area contributed by atoms with Crippen LogP contribution in [0.25, 0.3) is 0 Å². The molecule has 2 aromatic rings. The Bertz CT molecular complexity index is 1300. The molecule has 0 aromatic heterocycles. The smallest absolute Gasteiger partial charge is 0.330 e. The van der Waals surface area contributed by atoms with E-state index in [0.29, 0.717) is 35.7 Å². The fraction of sp³-hybridized carbons (Fsp3) is 0.333. The zero-order chi connectivity index (χ0) is 27.2. The molecule has 1 aliphatic heterocycles. The minimum absolute atomic E-state index is 0.0385. The zero-order valence-corrected chi connectivity index (χ0v) is 21.2. The predicted molar refractivity (Wildman–Crippen MR) is 134 cm³/mol. The monoisotopic (exact) mass is 536 g/mol. The highest BCUT2D eigenvalue weighted by Gasteiger charge is 2.30. The summed E-state index contributed by atoms with van der Waals surface area (Å²) in [4.78, 5) is 25.6. The number of hydrogen-bond donors (Lipinski definition) is 4. The predicted octanol–water partition coefficient (Wildman–Crippen LogP) is 2.15. The van der Waals surface area contributed by atoms with Crippen LogP contribution in [-0.2, 0) is 21.4 Å². The molecular formula is C24H29FN4O7S. The number of aromatic hydroxyl groups is 1. The van der Waals surface area contributed by atoms with E-state index in [2.05, 4.69) is 5.32 Å². The summed E-state index contributed by atoms with van der Waals surface area (Å²) in [6, 6.07) is 8.53. The number of ether oxygens (including phenoxy) is 1. The fourth-order valence-electron chi connectivity index (χ4n) is 3.54. The van der Waals surface area contributed by atoms with Crippen LogP contribution in [0.5, 0.6) is 11.5 Å². The standard InChI is InChI=1S/C24H29FN4O7S/c1-28(2)24(33)23-17(25)6-5-7-20(23)36-13-4-3-12-26-21(31)11-9-16-8-10-18(19(30)14-16)29-15-22(32)27-37(29,34)35/h5-8,10,14-15,27,30,32H,3-4,9,11-13H2,1-2H3,(H,26,31). The van der Waals surface area contributed by atoms with Crippen molar-refractivity contribution in [3.63, 3.8) is 0 Å². The number of nitrogens with zero attached hydrogens (tertiary/aromatic N) is 2. The fourth-order valence-corrected chi connectivity index (χ4v) is 4.60. The lowest BCUT2D eigenvalue weighted by atomic mass is 10.1. The SMILES string of the molecule is CN(C)C(=O)c1c(F)cccc1OCCCCNC(=O)CCc1ccc(N2C=C(O)NS2(=O)=O)c(O)c1. The van der Waals surface area contributed by atoms with Crippen molar-refractivity contribution in [3.05, 3.63) is 65.4 Å². The van der Waals surface area contributed by atoms with Crippen molar-refractivity contribution in [3.8, 4) is 11.5 Å². The minimum Gasteiger partial charge on any atom is -0.506 e. The summed E-state index contributed by atoms with van der Waals surface area (Å²) in [5.41, 5.74) is 0.470. The van der Waals surface area contributed by atoms with Gasteiger partial charge < -0.3 is 25.2 Å². The third-order valence-electron chi connectivity index (χ3n) is 5.40. The minimum atomic E-state index is -4.02. The first kappa shape index (κ1) is 27.6. The Morgan fingerprint density at radius 3 is 2.57 bits per heavy atom. The van der Waals surface area contributed by atoms with Crippen molar-refractivity contribution in [2.24, 2.45) is 0 Å². The van der Waals surface area contributed by atoms with Gasteiger partial charge in [0.1, 0.15) is 28.6 Å². The maximum Gasteiger partial charge on any atom is 0.330 e. The van der Waals surface area contributed by atoms with Crippen LogP contribution in [0.3, 0.4) is 0 Å². The molecule has 0 atom stereocenters. The molecule has 0 aliphatic carbocycles. The molecule has 4 N–H and O–H groups in total. The highest BCUT2D eigenvalue weighted by molar-refractivity contribution is 7.91. The Hall–Kier alpha value is -4.00. The third kappa shape index (κ3) is 7.03. The number of unbranched alkanes of at least 4 members (excludes halogenated alkanes) is 1. The number of anilines is 1. The first-order valence-corrected chi connectivity index (χ1v) is 12.9. The number of nitrogens with one attached hydrogen (secondary N) is 2. The number of hydrogen-bond acceptors (Lipinski definition) is 7. The normalized spacial score (nSPS) is 14.0. The lowest BCUT2D eigenvalue weighted by Crippen LogP contribution is -2.29. The number of aliphatic hydroxyl groups is 1. The molecule has 0 radical (unpaired) electrons. The van der Waals surface area contributed by atoms with Crippen molar-refractivity contribution in [2.75, 3.05) is 31.6 Å². The van der Waals surface area contributed by atoms with E-state index in [-0.39, 0.29) is 41.7 Å². The van der Waals surface area contributed by atoms with Gasteiger partial charge in [-0.25, -0.2) is 13.4 Å². The summed E-state index contributed by atoms with van der Waals surface area (Å²) in [6.45, 7) is 0.641. The molecule has 37 heavy (non-hydrogen) atoms. The van der Waals surface area contributed by atoms with E-state index in [4.69, 9.17) is 4.74 Å². The maximum atomic E-state index is 14.1. The summed E-state index contributed by atoms with van der Waals surface area (Å²) in [5, 5.41) is 22.4. The van der Waals surface area contributed by atoms with Gasteiger partial charge in [0.25, 0.3) is 5.91 Å². The number of aliphatic hydroxyl groups excluding tert-OH is 1. The van der Waals surface area contributed by atoms with Gasteiger partial charge in [0.15, 0.2) is 0 Å². The number of phenols is 1. The highest BCUT2D eigenvalue weighted by atomic mass is 32.2. The Morgan fingerprint density at radius 1 is 1.16 bits per heavy atom. The second kappa shape index (κ2) is 11.8. The molecule has 0 fully saturated rings. The average Bonchev–Trinajstić information content (AvgIpc) is 3.11. The second-order valence-corrected chi connectivity index (χ2v) is 10.0. The van der Waals surface area contributed by atoms with Crippen molar-refractivity contribution in [1.82, 2.24) is 14.9 Å². The summed E-state index contributed by atoms with van der Waals surface area (Å²) in [6.07, 6.45) is 2.57. The quantitative estimate of drug-likeness (QED) is 0.322. The molecule has 1 aliphatic rings. The maximum absolute atomic E-state index is 14.1. The van der Waals surface area contributed by atoms with Crippen LogP contribution in [0.4, 0.5) is 10.1 Å². The largest absolute Gasteiger partial charge is 0.506 e. The first-order chi connectivity index (χ1) is 17.5. The number of aryl methyl sites for hydroxylation is 1. The van der Waals surface area contributed by atoms with Gasteiger partial charge >= 0.3 is 10.2 Å². The molecule has 13 heteroatoms. The molecule has 3 rings (SSSR count). The molecule has 11 nitrogen and oxygen atoms in total. The Morgan fingerprint density at radius 2 is 1.92 bits per heavy atom. The van der Waals surface area contributed by atoms with Crippen LogP contribution in [0.15, 0.2) is 48.5 Å². The lowest BCUT2D eigenvalue weighted by molar-refractivity contribution is -0.121. The Balaban J connectivity index is 1.40. The average molecular weight is 537 g/mol. The third-order valence-corrected chi connectivity index (χ3v) is 6.68. The van der Waals surface area contributed by atoms with Gasteiger partial charge in [-0.3, -0.25) is 9.59 Å². The van der Waals surface area contributed by atoms with Gasteiger partial charge in [-0.15, -0.1) is 0 Å². The lowest BCUT2D eigenvalue weighted by Gasteiger charge is -2.16. The second-order valence-electron chi connectivity index (χ2n) is 8.46. The number of benzene rings is 2. The Kier molecular flexibility index (Phi) is 8.81. The van der Waals surface area contributed by atoms with Crippen molar-refractivity contribution < 1.29 is 37.3 Å².